The molecule has 6 heteroatoms. The third-order valence-corrected chi connectivity index (χ3v) is 3.84. The van der Waals surface area contributed by atoms with Crippen LogP contribution in [0.4, 0.5) is 17.6 Å². The molecule has 1 aromatic carbocycles. The molecule has 0 amide bonds. The highest BCUT2D eigenvalue weighted by Gasteiger charge is 2.34. The molecule has 19 heavy (non-hydrogen) atoms. The van der Waals surface area contributed by atoms with E-state index in [1.54, 1.807) is 18.8 Å². The maximum absolute atomic E-state index is 13.5. The van der Waals surface area contributed by atoms with Gasteiger partial charge in [-0.1, -0.05) is 19.9 Å². The van der Waals surface area contributed by atoms with Crippen LogP contribution in [0.5, 0.6) is 0 Å². The van der Waals surface area contributed by atoms with E-state index in [0.717, 1.165) is 12.1 Å². The number of nitrogens with one attached hydrogen (secondary N) is 1. The molecule has 0 radical (unpaired) electrons. The van der Waals surface area contributed by atoms with E-state index >= 15 is 0 Å². The highest BCUT2D eigenvalue weighted by Crippen LogP contribution is 2.33. The molecule has 0 aliphatic rings. The molecule has 1 unspecified atom stereocenters. The molecular weight excluding hydrogens is 278 g/mol. The van der Waals surface area contributed by atoms with E-state index < -0.39 is 17.6 Å². The van der Waals surface area contributed by atoms with Gasteiger partial charge in [-0.05, 0) is 30.0 Å². The standard InChI is InChI=1S/C13H17F4NS/c1-8(2)19-7-12(18-3)9-4-5-10(11(14)6-9)13(15,16)17/h4-6,8,12,18H,7H2,1-3H3. The van der Waals surface area contributed by atoms with Gasteiger partial charge >= 0.3 is 6.18 Å². The van der Waals surface area contributed by atoms with Crippen molar-refractivity contribution in [3.63, 3.8) is 0 Å². The first-order valence-corrected chi connectivity index (χ1v) is 6.96. The fourth-order valence-electron chi connectivity index (χ4n) is 1.61. The zero-order chi connectivity index (χ0) is 14.6. The van der Waals surface area contributed by atoms with Gasteiger partial charge < -0.3 is 5.32 Å². The van der Waals surface area contributed by atoms with Crippen molar-refractivity contribution in [3.8, 4) is 0 Å². The van der Waals surface area contributed by atoms with Crippen molar-refractivity contribution < 1.29 is 17.6 Å². The van der Waals surface area contributed by atoms with Gasteiger partial charge in [0.15, 0.2) is 0 Å². The summed E-state index contributed by atoms with van der Waals surface area (Å²) < 4.78 is 50.9. The molecule has 1 atom stereocenters. The second-order valence-corrected chi connectivity index (χ2v) is 6.07. The second kappa shape index (κ2) is 6.61. The fraction of sp³-hybridized carbons (Fsp3) is 0.538. The Morgan fingerprint density at radius 3 is 2.32 bits per heavy atom. The Kier molecular flexibility index (Phi) is 5.67. The third kappa shape index (κ3) is 4.69. The Labute approximate surface area is 114 Å². The summed E-state index contributed by atoms with van der Waals surface area (Å²) in [6.45, 7) is 4.06. The summed E-state index contributed by atoms with van der Waals surface area (Å²) >= 11 is 1.67. The Bertz CT molecular complexity index is 418. The summed E-state index contributed by atoms with van der Waals surface area (Å²) in [6, 6.07) is 2.93. The molecule has 0 aliphatic heterocycles. The van der Waals surface area contributed by atoms with Crippen molar-refractivity contribution in [2.24, 2.45) is 0 Å². The quantitative estimate of drug-likeness (QED) is 0.815. The van der Waals surface area contributed by atoms with Gasteiger partial charge in [-0.25, -0.2) is 4.39 Å². The molecule has 0 bridgehead atoms. The second-order valence-electron chi connectivity index (χ2n) is 4.46. The van der Waals surface area contributed by atoms with E-state index in [9.17, 15) is 17.6 Å². The number of hydrogen-bond donors (Lipinski definition) is 1. The molecule has 1 aromatic rings. The molecule has 0 fully saturated rings. The van der Waals surface area contributed by atoms with E-state index in [1.165, 1.54) is 6.07 Å². The van der Waals surface area contributed by atoms with Crippen molar-refractivity contribution in [2.45, 2.75) is 31.3 Å². The molecule has 0 aromatic heterocycles. The van der Waals surface area contributed by atoms with E-state index in [0.29, 0.717) is 16.6 Å². The topological polar surface area (TPSA) is 12.0 Å². The van der Waals surface area contributed by atoms with E-state index in [1.807, 2.05) is 13.8 Å². The lowest BCUT2D eigenvalue weighted by molar-refractivity contribution is -0.140. The summed E-state index contributed by atoms with van der Waals surface area (Å²) in [5, 5.41) is 3.40. The number of alkyl halides is 3. The fourth-order valence-corrected chi connectivity index (χ4v) is 2.55. The van der Waals surface area contributed by atoms with Crippen molar-refractivity contribution in [1.29, 1.82) is 0 Å². The third-order valence-electron chi connectivity index (χ3n) is 2.65. The maximum atomic E-state index is 13.5. The number of halogens is 4. The zero-order valence-corrected chi connectivity index (χ0v) is 11.8. The summed E-state index contributed by atoms with van der Waals surface area (Å²) in [4.78, 5) is 0. The molecule has 108 valence electrons. The minimum absolute atomic E-state index is 0.163. The van der Waals surface area contributed by atoms with E-state index in [4.69, 9.17) is 0 Å². The van der Waals surface area contributed by atoms with Crippen LogP contribution < -0.4 is 5.32 Å². The van der Waals surface area contributed by atoms with Crippen molar-refractivity contribution in [1.82, 2.24) is 5.32 Å². The van der Waals surface area contributed by atoms with Gasteiger partial charge in [0.2, 0.25) is 0 Å². The summed E-state index contributed by atoms with van der Waals surface area (Å²) in [5.41, 5.74) is -0.691. The van der Waals surface area contributed by atoms with Gasteiger partial charge in [0, 0.05) is 11.8 Å². The van der Waals surface area contributed by atoms with Gasteiger partial charge in [0.1, 0.15) is 5.82 Å². The number of rotatable bonds is 5. The zero-order valence-electron chi connectivity index (χ0n) is 11.0. The first kappa shape index (κ1) is 16.3. The molecular formula is C13H17F4NS. The Morgan fingerprint density at radius 2 is 1.89 bits per heavy atom. The minimum atomic E-state index is -4.65. The van der Waals surface area contributed by atoms with Crippen LogP contribution in [0.1, 0.15) is 31.0 Å². The highest BCUT2D eigenvalue weighted by atomic mass is 32.2. The lowest BCUT2D eigenvalue weighted by Gasteiger charge is -2.18. The predicted molar refractivity (Wildman–Crippen MR) is 70.8 cm³/mol. The molecule has 0 aliphatic carbocycles. The summed E-state index contributed by atoms with van der Waals surface area (Å²) in [5.74, 6) is -0.543. The lowest BCUT2D eigenvalue weighted by atomic mass is 10.1. The monoisotopic (exact) mass is 295 g/mol. The molecule has 1 nitrogen and oxygen atoms in total. The predicted octanol–water partition coefficient (Wildman–Crippen LogP) is 4.25. The van der Waals surface area contributed by atoms with Crippen molar-refractivity contribution in [3.05, 3.63) is 35.1 Å². The number of benzene rings is 1. The van der Waals surface area contributed by atoms with Crippen LogP contribution in [0.3, 0.4) is 0 Å². The first-order valence-electron chi connectivity index (χ1n) is 5.91. The van der Waals surface area contributed by atoms with Gasteiger partial charge in [-0.15, -0.1) is 0 Å². The lowest BCUT2D eigenvalue weighted by Crippen LogP contribution is -2.20. The molecule has 0 saturated carbocycles. The average Bonchev–Trinajstić information content (AvgIpc) is 2.27. The smallest absolute Gasteiger partial charge is 0.312 e. The van der Waals surface area contributed by atoms with Crippen LogP contribution in [0.25, 0.3) is 0 Å². The normalized spacial score (nSPS) is 13.9. The van der Waals surface area contributed by atoms with Gasteiger partial charge in [0.25, 0.3) is 0 Å². The van der Waals surface area contributed by atoms with Crippen molar-refractivity contribution in [2.75, 3.05) is 12.8 Å². The molecule has 0 saturated heterocycles. The number of hydrogen-bond acceptors (Lipinski definition) is 2. The SMILES string of the molecule is CNC(CSC(C)C)c1ccc(C(F)(F)F)c(F)c1. The van der Waals surface area contributed by atoms with Crippen LogP contribution in [0.2, 0.25) is 0 Å². The van der Waals surface area contributed by atoms with Crippen molar-refractivity contribution >= 4 is 11.8 Å². The summed E-state index contributed by atoms with van der Waals surface area (Å²) in [7, 11) is 1.71. The largest absolute Gasteiger partial charge is 0.419 e. The highest BCUT2D eigenvalue weighted by molar-refractivity contribution is 7.99. The number of thioether (sulfide) groups is 1. The van der Waals surface area contributed by atoms with Crippen LogP contribution in [-0.2, 0) is 6.18 Å². The van der Waals surface area contributed by atoms with Crippen LogP contribution >= 0.6 is 11.8 Å². The minimum Gasteiger partial charge on any atom is -0.312 e. The Morgan fingerprint density at radius 1 is 1.26 bits per heavy atom. The van der Waals surface area contributed by atoms with Gasteiger partial charge in [-0.2, -0.15) is 24.9 Å². The average molecular weight is 295 g/mol. The van der Waals surface area contributed by atoms with E-state index in [-0.39, 0.29) is 6.04 Å². The molecule has 0 spiro atoms. The molecule has 1 N–H and O–H groups in total. The van der Waals surface area contributed by atoms with Gasteiger partial charge in [0.05, 0.1) is 5.56 Å². The first-order chi connectivity index (χ1) is 8.75. The Balaban J connectivity index is 2.92. The van der Waals surface area contributed by atoms with Gasteiger partial charge in [-0.3, -0.25) is 0 Å². The van der Waals surface area contributed by atoms with Crippen LogP contribution in [0.15, 0.2) is 18.2 Å². The molecule has 0 heterocycles. The maximum Gasteiger partial charge on any atom is 0.419 e. The van der Waals surface area contributed by atoms with Crippen LogP contribution in [-0.4, -0.2) is 18.1 Å². The van der Waals surface area contributed by atoms with E-state index in [2.05, 4.69) is 5.32 Å². The molecule has 1 rings (SSSR count). The van der Waals surface area contributed by atoms with Crippen LogP contribution in [0, 0.1) is 5.82 Å². The Hall–Kier alpha value is -0.750. The summed E-state index contributed by atoms with van der Waals surface area (Å²) in [6.07, 6.45) is -4.65.